The van der Waals surface area contributed by atoms with Crippen LogP contribution in [-0.2, 0) is 17.8 Å². The first-order valence-corrected chi connectivity index (χ1v) is 7.36. The molecule has 1 aromatic carbocycles. The third kappa shape index (κ3) is 2.63. The number of hydrogen-bond acceptors (Lipinski definition) is 4. The second kappa shape index (κ2) is 5.54. The highest BCUT2D eigenvalue weighted by Gasteiger charge is 2.21. The third-order valence-electron chi connectivity index (χ3n) is 3.38. The highest BCUT2D eigenvalue weighted by Crippen LogP contribution is 2.26. The Morgan fingerprint density at radius 3 is 3.05 bits per heavy atom. The fraction of sp³-hybridized carbons (Fsp3) is 0.267. The number of hydrogen-bond donors (Lipinski definition) is 1. The number of para-hydroxylation sites is 2. The predicted molar refractivity (Wildman–Crippen MR) is 77.0 cm³/mol. The van der Waals surface area contributed by atoms with E-state index in [9.17, 15) is 9.90 Å². The fourth-order valence-electron chi connectivity index (χ4n) is 2.27. The molecule has 2 aromatic rings. The van der Waals surface area contributed by atoms with Crippen molar-refractivity contribution in [2.45, 2.75) is 13.0 Å². The summed E-state index contributed by atoms with van der Waals surface area (Å²) in [7, 11) is 0. The average Bonchev–Trinajstić information content (AvgIpc) is 2.93. The zero-order valence-corrected chi connectivity index (χ0v) is 11.7. The molecule has 104 valence electrons. The van der Waals surface area contributed by atoms with Gasteiger partial charge >= 0.3 is 0 Å². The summed E-state index contributed by atoms with van der Waals surface area (Å²) in [6, 6.07) is 8.74. The summed E-state index contributed by atoms with van der Waals surface area (Å²) in [4.78, 5) is 15.3. The molecule has 5 heteroatoms. The Balaban J connectivity index is 1.59. The molecule has 1 aromatic heterocycles. The second-order valence-corrected chi connectivity index (χ2v) is 5.69. The molecule has 0 saturated heterocycles. The van der Waals surface area contributed by atoms with Gasteiger partial charge in [-0.3, -0.25) is 4.79 Å². The molecular formula is C15H15NO3S. The number of amides is 1. The molecule has 1 N–H and O–H groups in total. The van der Waals surface area contributed by atoms with Gasteiger partial charge < -0.3 is 14.7 Å². The molecule has 0 fully saturated rings. The van der Waals surface area contributed by atoms with E-state index in [1.54, 1.807) is 40.5 Å². The molecule has 0 bridgehead atoms. The number of phenols is 1. The summed E-state index contributed by atoms with van der Waals surface area (Å²) < 4.78 is 5.38. The normalized spacial score (nSPS) is 13.9. The Hall–Kier alpha value is -2.01. The number of thiophene rings is 1. The van der Waals surface area contributed by atoms with E-state index in [1.807, 2.05) is 0 Å². The summed E-state index contributed by atoms with van der Waals surface area (Å²) in [6.07, 6.45) is 0.912. The van der Waals surface area contributed by atoms with Crippen LogP contribution in [0.25, 0.3) is 0 Å². The van der Waals surface area contributed by atoms with Crippen molar-refractivity contribution >= 4 is 17.2 Å². The molecule has 20 heavy (non-hydrogen) atoms. The zero-order valence-electron chi connectivity index (χ0n) is 10.9. The summed E-state index contributed by atoms with van der Waals surface area (Å²) in [5.41, 5.74) is 1.23. The highest BCUT2D eigenvalue weighted by atomic mass is 32.1. The van der Waals surface area contributed by atoms with E-state index in [1.165, 1.54) is 10.4 Å². The van der Waals surface area contributed by atoms with Gasteiger partial charge in [0.15, 0.2) is 18.1 Å². The monoisotopic (exact) mass is 289 g/mol. The van der Waals surface area contributed by atoms with Gasteiger partial charge in [0.25, 0.3) is 5.91 Å². The number of phenolic OH excluding ortho intramolecular Hbond substituents is 1. The molecule has 0 radical (unpaired) electrons. The molecule has 0 atom stereocenters. The maximum Gasteiger partial charge on any atom is 0.260 e. The van der Waals surface area contributed by atoms with Crippen molar-refractivity contribution in [3.63, 3.8) is 0 Å². The quantitative estimate of drug-likeness (QED) is 0.944. The second-order valence-electron chi connectivity index (χ2n) is 4.69. The first-order valence-electron chi connectivity index (χ1n) is 6.48. The van der Waals surface area contributed by atoms with Gasteiger partial charge in [0.05, 0.1) is 0 Å². The summed E-state index contributed by atoms with van der Waals surface area (Å²) >= 11 is 1.75. The molecule has 2 heterocycles. The van der Waals surface area contributed by atoms with Gasteiger partial charge in [-0.2, -0.15) is 0 Å². The van der Waals surface area contributed by atoms with Crippen LogP contribution in [0.15, 0.2) is 35.7 Å². The smallest absolute Gasteiger partial charge is 0.260 e. The molecule has 0 aliphatic carbocycles. The lowest BCUT2D eigenvalue weighted by atomic mass is 10.1. The largest absolute Gasteiger partial charge is 0.504 e. The van der Waals surface area contributed by atoms with Gasteiger partial charge in [0, 0.05) is 18.0 Å². The SMILES string of the molecule is O=C(COc1ccccc1O)N1CCc2sccc2C1. The number of fused-ring (bicyclic) bond motifs is 1. The minimum atomic E-state index is -0.0508. The van der Waals surface area contributed by atoms with Crippen LogP contribution < -0.4 is 4.74 Å². The van der Waals surface area contributed by atoms with Gasteiger partial charge in [-0.05, 0) is 35.6 Å². The van der Waals surface area contributed by atoms with Crippen LogP contribution in [0.3, 0.4) is 0 Å². The average molecular weight is 289 g/mol. The van der Waals surface area contributed by atoms with Gasteiger partial charge in [-0.25, -0.2) is 0 Å². The van der Waals surface area contributed by atoms with E-state index >= 15 is 0 Å². The van der Waals surface area contributed by atoms with Crippen LogP contribution in [0.2, 0.25) is 0 Å². The molecule has 4 nitrogen and oxygen atoms in total. The lowest BCUT2D eigenvalue weighted by Crippen LogP contribution is -2.38. The summed E-state index contributed by atoms with van der Waals surface area (Å²) in [5, 5.41) is 11.7. The van der Waals surface area contributed by atoms with E-state index in [4.69, 9.17) is 4.74 Å². The van der Waals surface area contributed by atoms with Crippen molar-refractivity contribution in [3.05, 3.63) is 46.2 Å². The Bertz CT molecular complexity index is 623. The number of carbonyl (C=O) groups excluding carboxylic acids is 1. The van der Waals surface area contributed by atoms with E-state index in [0.717, 1.165) is 13.0 Å². The molecule has 3 rings (SSSR count). The van der Waals surface area contributed by atoms with Crippen molar-refractivity contribution in [2.24, 2.45) is 0 Å². The minimum Gasteiger partial charge on any atom is -0.504 e. The first-order chi connectivity index (χ1) is 9.74. The number of aromatic hydroxyl groups is 1. The van der Waals surface area contributed by atoms with Crippen LogP contribution in [0, 0.1) is 0 Å². The molecule has 1 amide bonds. The van der Waals surface area contributed by atoms with Crippen molar-refractivity contribution < 1.29 is 14.6 Å². The molecule has 1 aliphatic rings. The number of nitrogens with zero attached hydrogens (tertiary/aromatic N) is 1. The third-order valence-corrected chi connectivity index (χ3v) is 4.40. The van der Waals surface area contributed by atoms with Crippen molar-refractivity contribution in [1.82, 2.24) is 4.90 Å². The van der Waals surface area contributed by atoms with Gasteiger partial charge in [-0.15, -0.1) is 11.3 Å². The van der Waals surface area contributed by atoms with Crippen LogP contribution in [0.5, 0.6) is 11.5 Å². The number of benzene rings is 1. The van der Waals surface area contributed by atoms with Crippen LogP contribution in [-0.4, -0.2) is 29.1 Å². The van der Waals surface area contributed by atoms with Gasteiger partial charge in [-0.1, -0.05) is 12.1 Å². The highest BCUT2D eigenvalue weighted by molar-refractivity contribution is 7.10. The minimum absolute atomic E-state index is 0.0446. The predicted octanol–water partition coefficient (Wildman–Crippen LogP) is 2.42. The van der Waals surface area contributed by atoms with Crippen LogP contribution in [0.1, 0.15) is 10.4 Å². The Morgan fingerprint density at radius 1 is 1.35 bits per heavy atom. The number of ether oxygens (including phenoxy) is 1. The molecule has 0 saturated carbocycles. The molecule has 0 unspecified atom stereocenters. The first kappa shape index (κ1) is 13.0. The summed E-state index contributed by atoms with van der Waals surface area (Å²) in [5.74, 6) is 0.346. The topological polar surface area (TPSA) is 49.8 Å². The molecule has 1 aliphatic heterocycles. The van der Waals surface area contributed by atoms with Gasteiger partial charge in [0.2, 0.25) is 0 Å². The maximum atomic E-state index is 12.1. The van der Waals surface area contributed by atoms with Gasteiger partial charge in [0.1, 0.15) is 0 Å². The van der Waals surface area contributed by atoms with Crippen molar-refractivity contribution in [2.75, 3.05) is 13.2 Å². The molecule has 0 spiro atoms. The van der Waals surface area contributed by atoms with Crippen LogP contribution >= 0.6 is 11.3 Å². The Kier molecular flexibility index (Phi) is 3.60. The van der Waals surface area contributed by atoms with E-state index < -0.39 is 0 Å². The zero-order chi connectivity index (χ0) is 13.9. The Labute approximate surface area is 121 Å². The van der Waals surface area contributed by atoms with Crippen molar-refractivity contribution in [1.29, 1.82) is 0 Å². The van der Waals surface area contributed by atoms with Crippen molar-refractivity contribution in [3.8, 4) is 11.5 Å². The van der Waals surface area contributed by atoms with E-state index in [2.05, 4.69) is 11.4 Å². The number of rotatable bonds is 3. The molecular weight excluding hydrogens is 274 g/mol. The van der Waals surface area contributed by atoms with E-state index in [0.29, 0.717) is 12.3 Å². The fourth-order valence-corrected chi connectivity index (χ4v) is 3.16. The lowest BCUT2D eigenvalue weighted by Gasteiger charge is -2.27. The summed E-state index contributed by atoms with van der Waals surface area (Å²) in [6.45, 7) is 1.34. The lowest BCUT2D eigenvalue weighted by molar-refractivity contribution is -0.134. The maximum absolute atomic E-state index is 12.1. The van der Waals surface area contributed by atoms with Crippen LogP contribution in [0.4, 0.5) is 0 Å². The Morgan fingerprint density at radius 2 is 2.20 bits per heavy atom. The number of carbonyl (C=O) groups is 1. The van der Waals surface area contributed by atoms with E-state index in [-0.39, 0.29) is 18.3 Å². The standard InChI is InChI=1S/C15H15NO3S/c17-12-3-1-2-4-13(12)19-10-15(18)16-7-5-14-11(9-16)6-8-20-14/h1-4,6,8,17H,5,7,9-10H2.